The first-order chi connectivity index (χ1) is 12.8. The zero-order valence-corrected chi connectivity index (χ0v) is 17.4. The molecule has 0 spiro atoms. The maximum Gasteiger partial charge on any atom is 0.196 e. The van der Waals surface area contributed by atoms with Crippen LogP contribution in [0, 0.1) is 0 Å². The Morgan fingerprint density at radius 1 is 1.07 bits per heavy atom. The van der Waals surface area contributed by atoms with E-state index in [9.17, 15) is 4.79 Å². The normalized spacial score (nSPS) is 11.6. The van der Waals surface area contributed by atoms with Gasteiger partial charge in [-0.15, -0.1) is 10.2 Å². The molecule has 3 aromatic rings. The van der Waals surface area contributed by atoms with Crippen LogP contribution in [0.2, 0.25) is 5.02 Å². The van der Waals surface area contributed by atoms with Crippen LogP contribution in [0.4, 0.5) is 0 Å². The number of ketones is 1. The predicted octanol–water partition coefficient (Wildman–Crippen LogP) is 5.57. The molecule has 1 heterocycles. The lowest BCUT2D eigenvalue weighted by atomic mass is 9.87. The van der Waals surface area contributed by atoms with E-state index in [1.54, 1.807) is 6.92 Å². The number of para-hydroxylation sites is 1. The zero-order chi connectivity index (χ0) is 19.6. The molecule has 0 aliphatic heterocycles. The molecule has 27 heavy (non-hydrogen) atoms. The molecule has 1 aromatic heterocycles. The number of thioether (sulfide) groups is 1. The van der Waals surface area contributed by atoms with Crippen molar-refractivity contribution in [2.75, 3.05) is 5.75 Å². The smallest absolute Gasteiger partial charge is 0.196 e. The lowest BCUT2D eigenvalue weighted by Gasteiger charge is -2.19. The summed E-state index contributed by atoms with van der Waals surface area (Å²) in [7, 11) is 0. The number of carbonyl (C=O) groups is 1. The molecule has 0 saturated carbocycles. The minimum absolute atomic E-state index is 0.0808. The summed E-state index contributed by atoms with van der Waals surface area (Å²) in [4.78, 5) is 11.4. The molecule has 0 saturated heterocycles. The first-order valence-electron chi connectivity index (χ1n) is 8.71. The van der Waals surface area contributed by atoms with Crippen LogP contribution in [0.25, 0.3) is 17.1 Å². The summed E-state index contributed by atoms with van der Waals surface area (Å²) in [6, 6.07) is 15.9. The van der Waals surface area contributed by atoms with Crippen molar-refractivity contribution in [2.45, 2.75) is 38.3 Å². The summed E-state index contributed by atoms with van der Waals surface area (Å²) in [5, 5.41) is 9.97. The summed E-state index contributed by atoms with van der Waals surface area (Å²) < 4.78 is 1.92. The summed E-state index contributed by atoms with van der Waals surface area (Å²) in [5.74, 6) is 1.13. The highest BCUT2D eigenvalue weighted by Gasteiger charge is 2.19. The summed E-state index contributed by atoms with van der Waals surface area (Å²) in [5.41, 5.74) is 3.08. The Morgan fingerprint density at radius 2 is 1.74 bits per heavy atom. The summed E-state index contributed by atoms with van der Waals surface area (Å²) in [6.07, 6.45) is 0. The van der Waals surface area contributed by atoms with Crippen LogP contribution in [0.15, 0.2) is 53.7 Å². The summed E-state index contributed by atoms with van der Waals surface area (Å²) >= 11 is 7.81. The molecule has 0 amide bonds. The number of rotatable bonds is 5. The van der Waals surface area contributed by atoms with Crippen molar-refractivity contribution in [1.82, 2.24) is 14.8 Å². The molecule has 6 heteroatoms. The molecule has 0 radical (unpaired) electrons. The van der Waals surface area contributed by atoms with Crippen LogP contribution >= 0.6 is 23.4 Å². The Labute approximate surface area is 169 Å². The Bertz CT molecular complexity index is 958. The summed E-state index contributed by atoms with van der Waals surface area (Å²) in [6.45, 7) is 8.12. The van der Waals surface area contributed by atoms with Crippen LogP contribution in [-0.2, 0) is 10.2 Å². The van der Waals surface area contributed by atoms with E-state index in [1.165, 1.54) is 17.3 Å². The van der Waals surface area contributed by atoms with Gasteiger partial charge in [0.1, 0.15) is 5.78 Å². The molecule has 0 bridgehead atoms. The molecule has 4 nitrogen and oxygen atoms in total. The van der Waals surface area contributed by atoms with Crippen molar-refractivity contribution in [1.29, 1.82) is 0 Å². The van der Waals surface area contributed by atoms with Crippen molar-refractivity contribution in [3.8, 4) is 17.1 Å². The van der Waals surface area contributed by atoms with Gasteiger partial charge in [-0.05, 0) is 30.0 Å². The maximum absolute atomic E-state index is 11.4. The molecule has 0 unspecified atom stereocenters. The largest absolute Gasteiger partial charge is 0.299 e. The second-order valence-corrected chi connectivity index (χ2v) is 8.76. The van der Waals surface area contributed by atoms with Gasteiger partial charge in [-0.2, -0.15) is 0 Å². The van der Waals surface area contributed by atoms with Gasteiger partial charge in [0.15, 0.2) is 11.0 Å². The van der Waals surface area contributed by atoms with Gasteiger partial charge in [0.2, 0.25) is 0 Å². The number of aromatic nitrogens is 3. The SMILES string of the molecule is CC(=O)CSc1nnc(-c2ccc(C(C)(C)C)cc2)n1-c1ccccc1Cl. The lowest BCUT2D eigenvalue weighted by molar-refractivity contribution is -0.114. The lowest BCUT2D eigenvalue weighted by Crippen LogP contribution is -2.10. The zero-order valence-electron chi connectivity index (χ0n) is 15.9. The van der Waals surface area contributed by atoms with Crippen LogP contribution < -0.4 is 0 Å². The minimum Gasteiger partial charge on any atom is -0.299 e. The molecule has 0 N–H and O–H groups in total. The second kappa shape index (κ2) is 7.87. The van der Waals surface area contributed by atoms with Gasteiger partial charge in [-0.25, -0.2) is 0 Å². The van der Waals surface area contributed by atoms with E-state index in [-0.39, 0.29) is 11.2 Å². The average molecular weight is 400 g/mol. The van der Waals surface area contributed by atoms with Gasteiger partial charge in [0.05, 0.1) is 16.5 Å². The molecule has 0 atom stereocenters. The fourth-order valence-electron chi connectivity index (χ4n) is 2.69. The van der Waals surface area contributed by atoms with Crippen molar-refractivity contribution >= 4 is 29.1 Å². The van der Waals surface area contributed by atoms with Gasteiger partial charge >= 0.3 is 0 Å². The average Bonchev–Trinajstić information content (AvgIpc) is 3.03. The topological polar surface area (TPSA) is 47.8 Å². The Balaban J connectivity index is 2.10. The number of benzene rings is 2. The van der Waals surface area contributed by atoms with Gasteiger partial charge in [-0.3, -0.25) is 9.36 Å². The molecule has 140 valence electrons. The maximum atomic E-state index is 11.4. The third kappa shape index (κ3) is 4.42. The number of halogens is 1. The molecule has 0 aliphatic carbocycles. The van der Waals surface area contributed by atoms with Crippen molar-refractivity contribution < 1.29 is 4.79 Å². The van der Waals surface area contributed by atoms with Gasteiger partial charge < -0.3 is 0 Å². The highest BCUT2D eigenvalue weighted by atomic mass is 35.5. The highest BCUT2D eigenvalue weighted by Crippen LogP contribution is 2.32. The second-order valence-electron chi connectivity index (χ2n) is 7.41. The van der Waals surface area contributed by atoms with Gasteiger partial charge in [0.25, 0.3) is 0 Å². The van der Waals surface area contributed by atoms with Gasteiger partial charge in [0, 0.05) is 5.56 Å². The van der Waals surface area contributed by atoms with E-state index in [4.69, 9.17) is 11.6 Å². The Kier molecular flexibility index (Phi) is 5.72. The molecule has 2 aromatic carbocycles. The van der Waals surface area contributed by atoms with E-state index in [2.05, 4.69) is 55.2 Å². The van der Waals surface area contributed by atoms with Crippen LogP contribution in [0.3, 0.4) is 0 Å². The molecule has 3 rings (SSSR count). The van der Waals surface area contributed by atoms with Crippen molar-refractivity contribution in [3.63, 3.8) is 0 Å². The third-order valence-electron chi connectivity index (χ3n) is 4.14. The molecule has 0 fully saturated rings. The quantitative estimate of drug-likeness (QED) is 0.526. The number of Topliss-reactive ketones (excluding diaryl/α,β-unsaturated/α-hetero) is 1. The van der Waals surface area contributed by atoms with Crippen molar-refractivity contribution in [3.05, 3.63) is 59.1 Å². The molecular weight excluding hydrogens is 378 g/mol. The Morgan fingerprint density at radius 3 is 2.33 bits per heavy atom. The minimum atomic E-state index is 0.0808. The van der Waals surface area contributed by atoms with E-state index < -0.39 is 0 Å². The number of carbonyl (C=O) groups excluding carboxylic acids is 1. The number of hydrogen-bond donors (Lipinski definition) is 0. The van der Waals surface area contributed by atoms with Crippen LogP contribution in [0.5, 0.6) is 0 Å². The highest BCUT2D eigenvalue weighted by molar-refractivity contribution is 7.99. The van der Waals surface area contributed by atoms with Crippen LogP contribution in [0.1, 0.15) is 33.3 Å². The fourth-order valence-corrected chi connectivity index (χ4v) is 3.65. The monoisotopic (exact) mass is 399 g/mol. The molecular formula is C21H22ClN3OS. The number of nitrogens with zero attached hydrogens (tertiary/aromatic N) is 3. The molecule has 0 aliphatic rings. The Hall–Kier alpha value is -2.11. The first-order valence-corrected chi connectivity index (χ1v) is 10.1. The van der Waals surface area contributed by atoms with Crippen molar-refractivity contribution in [2.24, 2.45) is 0 Å². The third-order valence-corrected chi connectivity index (χ3v) is 5.53. The van der Waals surface area contributed by atoms with E-state index in [0.29, 0.717) is 21.8 Å². The van der Waals surface area contributed by atoms with E-state index in [0.717, 1.165) is 11.3 Å². The van der Waals surface area contributed by atoms with E-state index >= 15 is 0 Å². The van der Waals surface area contributed by atoms with Crippen LogP contribution in [-0.4, -0.2) is 26.3 Å². The van der Waals surface area contributed by atoms with Gasteiger partial charge in [-0.1, -0.05) is 80.5 Å². The predicted molar refractivity (Wildman–Crippen MR) is 112 cm³/mol. The fraction of sp³-hybridized carbons (Fsp3) is 0.286. The number of hydrogen-bond acceptors (Lipinski definition) is 4. The van der Waals surface area contributed by atoms with E-state index in [1.807, 2.05) is 28.8 Å². The first kappa shape index (κ1) is 19.6. The standard InChI is InChI=1S/C21H22ClN3OS/c1-14(26)13-27-20-24-23-19(25(20)18-8-6-5-7-17(18)22)15-9-11-16(12-10-15)21(2,3)4/h5-12H,13H2,1-4H3.